The third-order valence-electron chi connectivity index (χ3n) is 5.69. The highest BCUT2D eigenvalue weighted by molar-refractivity contribution is 5.82. The molecular weight excluding hydrogens is 322 g/mol. The second-order valence-electron chi connectivity index (χ2n) is 7.02. The molecule has 1 amide bonds. The van der Waals surface area contributed by atoms with Crippen molar-refractivity contribution in [1.29, 1.82) is 0 Å². The first kappa shape index (κ1) is 15.8. The molecule has 2 aromatic rings. The van der Waals surface area contributed by atoms with E-state index >= 15 is 0 Å². The molecule has 0 unspecified atom stereocenters. The topological polar surface area (TPSA) is 92.5 Å². The van der Waals surface area contributed by atoms with E-state index in [0.29, 0.717) is 23.9 Å². The SMILES string of the molecule is O=C(Cn1cnc2ccccc2c1=O)N1C[C@@H]2CCC[C@@]2(C(=O)O)C1. The molecule has 0 spiro atoms. The van der Waals surface area contributed by atoms with E-state index in [-0.39, 0.29) is 30.5 Å². The van der Waals surface area contributed by atoms with Crippen molar-refractivity contribution in [2.75, 3.05) is 13.1 Å². The molecule has 1 aliphatic heterocycles. The fourth-order valence-corrected chi connectivity index (χ4v) is 4.29. The molecule has 25 heavy (non-hydrogen) atoms. The van der Waals surface area contributed by atoms with Crippen molar-refractivity contribution in [3.8, 4) is 0 Å². The number of hydrogen-bond acceptors (Lipinski definition) is 4. The van der Waals surface area contributed by atoms with Gasteiger partial charge in [0.15, 0.2) is 0 Å². The summed E-state index contributed by atoms with van der Waals surface area (Å²) in [5, 5.41) is 10.1. The van der Waals surface area contributed by atoms with Crippen molar-refractivity contribution in [3.05, 3.63) is 40.9 Å². The van der Waals surface area contributed by atoms with Crippen molar-refractivity contribution in [2.45, 2.75) is 25.8 Å². The van der Waals surface area contributed by atoms with Crippen molar-refractivity contribution in [1.82, 2.24) is 14.5 Å². The van der Waals surface area contributed by atoms with Crippen LogP contribution in [0.15, 0.2) is 35.4 Å². The van der Waals surface area contributed by atoms with E-state index in [9.17, 15) is 19.5 Å². The van der Waals surface area contributed by atoms with Crippen LogP contribution in [0.1, 0.15) is 19.3 Å². The molecule has 1 saturated carbocycles. The summed E-state index contributed by atoms with van der Waals surface area (Å²) in [5.74, 6) is -1.02. The van der Waals surface area contributed by atoms with Crippen molar-refractivity contribution >= 4 is 22.8 Å². The standard InChI is InChI=1S/C18H19N3O4/c22-15(20-8-12-4-3-7-18(12,10-20)17(24)25)9-21-11-19-14-6-2-1-5-13(14)16(21)23/h1-2,5-6,11-12H,3-4,7-10H2,(H,24,25)/t12-,18+/m0/s1. The number of likely N-dealkylation sites (tertiary alicyclic amines) is 1. The maximum atomic E-state index is 12.6. The fourth-order valence-electron chi connectivity index (χ4n) is 4.29. The maximum Gasteiger partial charge on any atom is 0.311 e. The number of aliphatic carboxylic acids is 1. The van der Waals surface area contributed by atoms with Gasteiger partial charge in [-0.05, 0) is 30.9 Å². The zero-order chi connectivity index (χ0) is 17.6. The minimum absolute atomic E-state index is 0.0143. The Kier molecular flexibility index (Phi) is 3.59. The van der Waals surface area contributed by atoms with Gasteiger partial charge in [-0.15, -0.1) is 0 Å². The molecule has 2 fully saturated rings. The Labute approximate surface area is 143 Å². The molecule has 1 aliphatic carbocycles. The van der Waals surface area contributed by atoms with Crippen molar-refractivity contribution in [2.24, 2.45) is 11.3 Å². The van der Waals surface area contributed by atoms with E-state index in [1.807, 2.05) is 0 Å². The average molecular weight is 341 g/mol. The summed E-state index contributed by atoms with van der Waals surface area (Å²) in [6.07, 6.45) is 3.74. The Hall–Kier alpha value is -2.70. The van der Waals surface area contributed by atoms with E-state index < -0.39 is 11.4 Å². The van der Waals surface area contributed by atoms with E-state index in [0.717, 1.165) is 12.8 Å². The summed E-state index contributed by atoms with van der Waals surface area (Å²) in [7, 11) is 0. The van der Waals surface area contributed by atoms with E-state index in [1.54, 1.807) is 29.2 Å². The lowest BCUT2D eigenvalue weighted by Crippen LogP contribution is -2.39. The monoisotopic (exact) mass is 341 g/mol. The molecule has 2 aliphatic rings. The number of carbonyl (C=O) groups excluding carboxylic acids is 1. The quantitative estimate of drug-likeness (QED) is 0.903. The lowest BCUT2D eigenvalue weighted by atomic mass is 9.81. The number of carboxylic acid groups (broad SMARTS) is 1. The van der Waals surface area contributed by atoms with Crippen LogP contribution in [0, 0.1) is 11.3 Å². The second kappa shape index (κ2) is 5.68. The predicted molar refractivity (Wildman–Crippen MR) is 90.0 cm³/mol. The van der Waals surface area contributed by atoms with Crippen LogP contribution < -0.4 is 5.56 Å². The molecule has 1 aromatic carbocycles. The molecule has 2 heterocycles. The Bertz CT molecular complexity index is 922. The van der Waals surface area contributed by atoms with Gasteiger partial charge in [0, 0.05) is 13.1 Å². The van der Waals surface area contributed by atoms with Gasteiger partial charge >= 0.3 is 5.97 Å². The minimum Gasteiger partial charge on any atom is -0.481 e. The third-order valence-corrected chi connectivity index (χ3v) is 5.69. The van der Waals surface area contributed by atoms with Gasteiger partial charge in [-0.2, -0.15) is 0 Å². The van der Waals surface area contributed by atoms with Crippen LogP contribution in [0.5, 0.6) is 0 Å². The first-order valence-electron chi connectivity index (χ1n) is 8.47. The average Bonchev–Trinajstić information content (AvgIpc) is 3.16. The predicted octanol–water partition coefficient (Wildman–Crippen LogP) is 1.11. The Balaban J connectivity index is 1.57. The molecule has 7 heteroatoms. The molecule has 1 N–H and O–H groups in total. The van der Waals surface area contributed by atoms with Crippen LogP contribution in [0.25, 0.3) is 10.9 Å². The molecular formula is C18H19N3O4. The molecule has 1 saturated heterocycles. The Morgan fingerprint density at radius 1 is 1.32 bits per heavy atom. The summed E-state index contributed by atoms with van der Waals surface area (Å²) in [6, 6.07) is 7.00. The largest absolute Gasteiger partial charge is 0.481 e. The molecule has 1 aromatic heterocycles. The van der Waals surface area contributed by atoms with Gasteiger partial charge in [-0.25, -0.2) is 4.98 Å². The smallest absolute Gasteiger partial charge is 0.311 e. The van der Waals surface area contributed by atoms with Crippen LogP contribution in [0.3, 0.4) is 0 Å². The highest BCUT2D eigenvalue weighted by atomic mass is 16.4. The van der Waals surface area contributed by atoms with Crippen LogP contribution >= 0.6 is 0 Å². The molecule has 0 radical (unpaired) electrons. The van der Waals surface area contributed by atoms with E-state index in [4.69, 9.17) is 0 Å². The number of fused-ring (bicyclic) bond motifs is 2. The number of nitrogens with zero attached hydrogens (tertiary/aromatic N) is 3. The van der Waals surface area contributed by atoms with Crippen molar-refractivity contribution < 1.29 is 14.7 Å². The number of benzene rings is 1. The number of aromatic nitrogens is 2. The number of carbonyl (C=O) groups is 2. The molecule has 4 rings (SSSR count). The van der Waals surface area contributed by atoms with Gasteiger partial charge in [-0.3, -0.25) is 19.0 Å². The number of hydrogen-bond donors (Lipinski definition) is 1. The van der Waals surface area contributed by atoms with Gasteiger partial charge in [-0.1, -0.05) is 18.6 Å². The normalized spacial score (nSPS) is 25.3. The van der Waals surface area contributed by atoms with Crippen LogP contribution in [0.2, 0.25) is 0 Å². The zero-order valence-corrected chi connectivity index (χ0v) is 13.7. The summed E-state index contributed by atoms with van der Waals surface area (Å²) in [4.78, 5) is 42.7. The maximum absolute atomic E-state index is 12.6. The third kappa shape index (κ3) is 2.42. The molecule has 0 bridgehead atoms. The van der Waals surface area contributed by atoms with Crippen LogP contribution in [0.4, 0.5) is 0 Å². The number of para-hydroxylation sites is 1. The summed E-state index contributed by atoms with van der Waals surface area (Å²) < 4.78 is 1.30. The summed E-state index contributed by atoms with van der Waals surface area (Å²) in [6.45, 7) is 0.585. The van der Waals surface area contributed by atoms with Crippen LogP contribution in [-0.4, -0.2) is 44.5 Å². The van der Waals surface area contributed by atoms with Gasteiger partial charge in [0.1, 0.15) is 6.54 Å². The summed E-state index contributed by atoms with van der Waals surface area (Å²) in [5.41, 5.74) is -0.467. The van der Waals surface area contributed by atoms with Gasteiger partial charge < -0.3 is 10.0 Å². The van der Waals surface area contributed by atoms with Gasteiger partial charge in [0.25, 0.3) is 5.56 Å². The zero-order valence-electron chi connectivity index (χ0n) is 13.7. The highest BCUT2D eigenvalue weighted by Gasteiger charge is 2.55. The van der Waals surface area contributed by atoms with Gasteiger partial charge in [0.05, 0.1) is 22.6 Å². The van der Waals surface area contributed by atoms with E-state index in [2.05, 4.69) is 4.98 Å². The number of amides is 1. The second-order valence-corrected chi connectivity index (χ2v) is 7.02. The molecule has 2 atom stereocenters. The highest BCUT2D eigenvalue weighted by Crippen LogP contribution is 2.48. The van der Waals surface area contributed by atoms with E-state index in [1.165, 1.54) is 10.9 Å². The minimum atomic E-state index is -0.810. The fraction of sp³-hybridized carbons (Fsp3) is 0.444. The molecule has 130 valence electrons. The lowest BCUT2D eigenvalue weighted by Gasteiger charge is -2.23. The molecule has 7 nitrogen and oxygen atoms in total. The Morgan fingerprint density at radius 3 is 2.88 bits per heavy atom. The van der Waals surface area contributed by atoms with Crippen LogP contribution in [-0.2, 0) is 16.1 Å². The first-order valence-corrected chi connectivity index (χ1v) is 8.47. The first-order chi connectivity index (χ1) is 12.0. The number of carboxylic acids is 1. The Morgan fingerprint density at radius 2 is 2.12 bits per heavy atom. The van der Waals surface area contributed by atoms with Crippen molar-refractivity contribution in [3.63, 3.8) is 0 Å². The van der Waals surface area contributed by atoms with Gasteiger partial charge in [0.2, 0.25) is 5.91 Å². The lowest BCUT2D eigenvalue weighted by molar-refractivity contribution is -0.149. The summed E-state index contributed by atoms with van der Waals surface area (Å²) >= 11 is 0. The number of rotatable bonds is 3.